The van der Waals surface area contributed by atoms with Gasteiger partial charge in [-0.25, -0.2) is 9.97 Å². The topological polar surface area (TPSA) is 102 Å². The number of rotatable bonds is 10. The fraction of sp³-hybridized carbons (Fsp3) is 0.238. The van der Waals surface area contributed by atoms with Crippen LogP contribution in [0.1, 0.15) is 21.6 Å². The third kappa shape index (κ3) is 6.36. The number of nitrogens with one attached hydrogen (secondary N) is 2. The quantitative estimate of drug-likeness (QED) is 0.483. The van der Waals surface area contributed by atoms with Crippen LogP contribution in [0.15, 0.2) is 54.0 Å². The SMILES string of the molecule is COCCOc1ncccc1CNC(=O)Cc1csc(NC(=O)c2ccccc2)n1. The van der Waals surface area contributed by atoms with Crippen molar-refractivity contribution in [3.8, 4) is 5.88 Å². The molecule has 3 rings (SSSR count). The number of benzene rings is 1. The van der Waals surface area contributed by atoms with E-state index in [9.17, 15) is 9.59 Å². The van der Waals surface area contributed by atoms with Crippen LogP contribution in [0.3, 0.4) is 0 Å². The number of ether oxygens (including phenoxy) is 2. The van der Waals surface area contributed by atoms with Crippen LogP contribution in [0.2, 0.25) is 0 Å². The van der Waals surface area contributed by atoms with E-state index in [1.54, 1.807) is 49.0 Å². The summed E-state index contributed by atoms with van der Waals surface area (Å²) in [6.07, 6.45) is 1.74. The van der Waals surface area contributed by atoms with Gasteiger partial charge >= 0.3 is 0 Å². The Morgan fingerprint density at radius 1 is 1.10 bits per heavy atom. The van der Waals surface area contributed by atoms with Gasteiger partial charge in [0.15, 0.2) is 5.13 Å². The maximum atomic E-state index is 12.3. The molecule has 0 atom stereocenters. The summed E-state index contributed by atoms with van der Waals surface area (Å²) in [7, 11) is 1.60. The molecule has 2 amide bonds. The molecule has 0 unspecified atom stereocenters. The number of amides is 2. The van der Waals surface area contributed by atoms with E-state index in [-0.39, 0.29) is 24.8 Å². The average molecular weight is 426 g/mol. The van der Waals surface area contributed by atoms with Crippen molar-refractivity contribution in [2.24, 2.45) is 0 Å². The summed E-state index contributed by atoms with van der Waals surface area (Å²) in [5.41, 5.74) is 1.91. The van der Waals surface area contributed by atoms with Crippen LogP contribution in [0, 0.1) is 0 Å². The minimum atomic E-state index is -0.237. The molecule has 2 heterocycles. The lowest BCUT2D eigenvalue weighted by Gasteiger charge is -2.10. The van der Waals surface area contributed by atoms with E-state index in [1.807, 2.05) is 12.1 Å². The van der Waals surface area contributed by atoms with Crippen molar-refractivity contribution in [3.63, 3.8) is 0 Å². The lowest BCUT2D eigenvalue weighted by Crippen LogP contribution is -2.25. The molecule has 156 valence electrons. The number of anilines is 1. The first-order valence-corrected chi connectivity index (χ1v) is 10.2. The van der Waals surface area contributed by atoms with Gasteiger partial charge in [0.1, 0.15) is 6.61 Å². The second kappa shape index (κ2) is 11.0. The van der Waals surface area contributed by atoms with Crippen molar-refractivity contribution in [2.45, 2.75) is 13.0 Å². The lowest BCUT2D eigenvalue weighted by molar-refractivity contribution is -0.120. The Kier molecular flexibility index (Phi) is 7.87. The van der Waals surface area contributed by atoms with E-state index in [2.05, 4.69) is 20.6 Å². The van der Waals surface area contributed by atoms with E-state index >= 15 is 0 Å². The third-order valence-electron chi connectivity index (χ3n) is 4.00. The summed E-state index contributed by atoms with van der Waals surface area (Å²) in [6.45, 7) is 1.12. The molecule has 0 aliphatic rings. The van der Waals surface area contributed by atoms with E-state index in [0.29, 0.717) is 35.5 Å². The summed E-state index contributed by atoms with van der Waals surface area (Å²) in [5.74, 6) is 0.0425. The standard InChI is InChI=1S/C21H22N4O4S/c1-28-10-11-29-20-16(8-5-9-22-20)13-23-18(26)12-17-14-30-21(24-17)25-19(27)15-6-3-2-4-7-15/h2-9,14H,10-13H2,1H3,(H,23,26)(H,24,25,27). The summed E-state index contributed by atoms with van der Waals surface area (Å²) in [4.78, 5) is 33.0. The van der Waals surface area contributed by atoms with Gasteiger partial charge in [-0.05, 0) is 18.2 Å². The fourth-order valence-corrected chi connectivity index (χ4v) is 3.24. The fourth-order valence-electron chi connectivity index (χ4n) is 2.54. The van der Waals surface area contributed by atoms with Gasteiger partial charge in [0, 0.05) is 36.4 Å². The van der Waals surface area contributed by atoms with Gasteiger partial charge in [-0.15, -0.1) is 11.3 Å². The zero-order valence-corrected chi connectivity index (χ0v) is 17.3. The Morgan fingerprint density at radius 2 is 1.93 bits per heavy atom. The lowest BCUT2D eigenvalue weighted by atomic mass is 10.2. The molecule has 9 heteroatoms. The zero-order valence-electron chi connectivity index (χ0n) is 16.5. The van der Waals surface area contributed by atoms with E-state index in [1.165, 1.54) is 11.3 Å². The predicted molar refractivity (Wildman–Crippen MR) is 114 cm³/mol. The largest absolute Gasteiger partial charge is 0.475 e. The van der Waals surface area contributed by atoms with Gasteiger partial charge in [0.05, 0.1) is 18.7 Å². The molecule has 0 saturated heterocycles. The van der Waals surface area contributed by atoms with E-state index in [0.717, 1.165) is 5.56 Å². The van der Waals surface area contributed by atoms with Gasteiger partial charge < -0.3 is 14.8 Å². The van der Waals surface area contributed by atoms with E-state index < -0.39 is 0 Å². The molecule has 2 aromatic heterocycles. The average Bonchev–Trinajstić information content (AvgIpc) is 3.20. The second-order valence-electron chi connectivity index (χ2n) is 6.23. The maximum Gasteiger partial charge on any atom is 0.257 e. The maximum absolute atomic E-state index is 12.3. The summed E-state index contributed by atoms with van der Waals surface area (Å²) in [6, 6.07) is 12.5. The molecule has 0 saturated carbocycles. The summed E-state index contributed by atoms with van der Waals surface area (Å²) in [5, 5.41) is 7.79. The van der Waals surface area contributed by atoms with Crippen molar-refractivity contribution in [1.82, 2.24) is 15.3 Å². The van der Waals surface area contributed by atoms with Crippen molar-refractivity contribution in [2.75, 3.05) is 25.6 Å². The monoisotopic (exact) mass is 426 g/mol. The molecule has 0 aliphatic heterocycles. The Labute approximate surface area is 178 Å². The molecule has 0 spiro atoms. The van der Waals surface area contributed by atoms with Crippen LogP contribution >= 0.6 is 11.3 Å². The molecule has 0 aliphatic carbocycles. The van der Waals surface area contributed by atoms with Crippen LogP contribution in [0.25, 0.3) is 0 Å². The highest BCUT2D eigenvalue weighted by atomic mass is 32.1. The highest BCUT2D eigenvalue weighted by molar-refractivity contribution is 7.14. The molecule has 1 aromatic carbocycles. The van der Waals surface area contributed by atoms with Crippen molar-refractivity contribution >= 4 is 28.3 Å². The predicted octanol–water partition coefficient (Wildman–Crippen LogP) is 2.67. The molecular weight excluding hydrogens is 404 g/mol. The highest BCUT2D eigenvalue weighted by Gasteiger charge is 2.12. The number of nitrogens with zero attached hydrogens (tertiary/aromatic N) is 2. The molecule has 2 N–H and O–H groups in total. The second-order valence-corrected chi connectivity index (χ2v) is 7.08. The molecule has 3 aromatic rings. The minimum absolute atomic E-state index is 0.109. The van der Waals surface area contributed by atoms with Crippen molar-refractivity contribution in [1.29, 1.82) is 0 Å². The molecule has 30 heavy (non-hydrogen) atoms. The van der Waals surface area contributed by atoms with E-state index in [4.69, 9.17) is 9.47 Å². The van der Waals surface area contributed by atoms with Gasteiger partial charge in [-0.1, -0.05) is 24.3 Å². The third-order valence-corrected chi connectivity index (χ3v) is 4.81. The number of hydrogen-bond acceptors (Lipinski definition) is 7. The summed E-state index contributed by atoms with van der Waals surface area (Å²) >= 11 is 1.28. The minimum Gasteiger partial charge on any atom is -0.475 e. The molecular formula is C21H22N4O4S. The Morgan fingerprint density at radius 3 is 2.73 bits per heavy atom. The van der Waals surface area contributed by atoms with Crippen molar-refractivity contribution in [3.05, 3.63) is 70.9 Å². The summed E-state index contributed by atoms with van der Waals surface area (Å²) < 4.78 is 10.5. The number of methoxy groups -OCH3 is 1. The number of hydrogen-bond donors (Lipinski definition) is 2. The number of carbonyl (C=O) groups is 2. The number of thiazole rings is 1. The van der Waals surface area contributed by atoms with Crippen LogP contribution in [0.5, 0.6) is 5.88 Å². The first-order chi connectivity index (χ1) is 14.7. The zero-order chi connectivity index (χ0) is 21.2. The van der Waals surface area contributed by atoms with Gasteiger partial charge in [-0.3, -0.25) is 14.9 Å². The molecule has 8 nitrogen and oxygen atoms in total. The number of carbonyl (C=O) groups excluding carboxylic acids is 2. The Hall–Kier alpha value is -3.30. The van der Waals surface area contributed by atoms with Gasteiger partial charge in [0.25, 0.3) is 5.91 Å². The van der Waals surface area contributed by atoms with Gasteiger partial charge in [-0.2, -0.15) is 0 Å². The first kappa shape index (κ1) is 21.4. The molecule has 0 fully saturated rings. The van der Waals surface area contributed by atoms with Crippen LogP contribution < -0.4 is 15.4 Å². The molecule has 0 radical (unpaired) electrons. The van der Waals surface area contributed by atoms with Crippen LogP contribution in [-0.4, -0.2) is 42.1 Å². The van der Waals surface area contributed by atoms with Crippen LogP contribution in [-0.2, 0) is 22.5 Å². The highest BCUT2D eigenvalue weighted by Crippen LogP contribution is 2.17. The Balaban J connectivity index is 1.50. The van der Waals surface area contributed by atoms with Crippen LogP contribution in [0.4, 0.5) is 5.13 Å². The Bertz CT molecular complexity index is 978. The smallest absolute Gasteiger partial charge is 0.257 e. The van der Waals surface area contributed by atoms with Crippen molar-refractivity contribution < 1.29 is 19.1 Å². The molecule has 0 bridgehead atoms. The first-order valence-electron chi connectivity index (χ1n) is 9.29. The number of pyridine rings is 1. The number of aromatic nitrogens is 2. The normalized spacial score (nSPS) is 10.4. The van der Waals surface area contributed by atoms with Gasteiger partial charge in [0.2, 0.25) is 11.8 Å².